The molecule has 0 bridgehead atoms. The molecule has 0 saturated heterocycles. The highest BCUT2D eigenvalue weighted by Crippen LogP contribution is 2.22. The van der Waals surface area contributed by atoms with E-state index < -0.39 is 16.0 Å². The molecule has 0 aliphatic carbocycles. The van der Waals surface area contributed by atoms with Gasteiger partial charge in [-0.3, -0.25) is 9.52 Å². The molecule has 1 aromatic carbocycles. The molecule has 23 heavy (non-hydrogen) atoms. The molecule has 0 fully saturated rings. The van der Waals surface area contributed by atoms with Crippen LogP contribution in [0.2, 0.25) is 0 Å². The lowest BCUT2D eigenvalue weighted by Crippen LogP contribution is -2.22. The van der Waals surface area contributed by atoms with Gasteiger partial charge < -0.3 is 15.2 Å². The Morgan fingerprint density at radius 1 is 1.26 bits per heavy atom. The molecule has 0 spiro atoms. The highest BCUT2D eigenvalue weighted by Gasteiger charge is 2.19. The number of amides is 1. The largest absolute Gasteiger partial charge is 0.545 e. The summed E-state index contributed by atoms with van der Waals surface area (Å²) in [6, 6.07) is 6.53. The number of sulfonamides is 1. The fourth-order valence-electron chi connectivity index (χ4n) is 1.75. The standard InChI is InChI=1S/C14H14N2O5S2/c1-2-15-13(17)12-7-11(8-22-12)23(20,21)16-10-5-3-4-9(6-10)14(18)19/h3-8,16H,2H2,1H3,(H,15,17)(H,18,19)/p-1. The molecule has 2 rings (SSSR count). The Balaban J connectivity index is 2.24. The van der Waals surface area contributed by atoms with Crippen LogP contribution in [0.5, 0.6) is 0 Å². The van der Waals surface area contributed by atoms with Crippen molar-refractivity contribution in [2.75, 3.05) is 11.3 Å². The van der Waals surface area contributed by atoms with Crippen molar-refractivity contribution < 1.29 is 23.1 Å². The van der Waals surface area contributed by atoms with Gasteiger partial charge in [-0.25, -0.2) is 8.42 Å². The molecule has 0 unspecified atom stereocenters. The maximum Gasteiger partial charge on any atom is 0.262 e. The van der Waals surface area contributed by atoms with Gasteiger partial charge in [0.1, 0.15) is 0 Å². The van der Waals surface area contributed by atoms with Crippen molar-refractivity contribution in [3.8, 4) is 0 Å². The number of carboxylic acids is 1. The summed E-state index contributed by atoms with van der Waals surface area (Å²) in [6.45, 7) is 2.20. The number of rotatable bonds is 6. The first-order valence-electron chi connectivity index (χ1n) is 6.54. The first kappa shape index (κ1) is 17.0. The summed E-state index contributed by atoms with van der Waals surface area (Å²) in [4.78, 5) is 22.7. The fraction of sp³-hybridized carbons (Fsp3) is 0.143. The third-order valence-corrected chi connectivity index (χ3v) is 5.24. The topological polar surface area (TPSA) is 115 Å². The van der Waals surface area contributed by atoms with Crippen molar-refractivity contribution in [2.45, 2.75) is 11.8 Å². The molecule has 0 aliphatic heterocycles. The summed E-state index contributed by atoms with van der Waals surface area (Å²) in [6.07, 6.45) is 0. The van der Waals surface area contributed by atoms with E-state index in [9.17, 15) is 23.1 Å². The number of aromatic carboxylic acids is 1. The average molecular weight is 353 g/mol. The molecule has 9 heteroatoms. The lowest BCUT2D eigenvalue weighted by Gasteiger charge is -2.08. The van der Waals surface area contributed by atoms with Crippen LogP contribution in [0.1, 0.15) is 27.0 Å². The van der Waals surface area contributed by atoms with Crippen molar-refractivity contribution in [1.82, 2.24) is 5.32 Å². The maximum absolute atomic E-state index is 12.3. The van der Waals surface area contributed by atoms with E-state index in [4.69, 9.17) is 0 Å². The molecule has 0 aliphatic rings. The van der Waals surface area contributed by atoms with Gasteiger partial charge in [0.25, 0.3) is 15.9 Å². The molecule has 122 valence electrons. The van der Waals surface area contributed by atoms with Crippen LogP contribution >= 0.6 is 11.3 Å². The van der Waals surface area contributed by atoms with Crippen molar-refractivity contribution in [2.24, 2.45) is 0 Å². The Labute approximate surface area is 137 Å². The number of carbonyl (C=O) groups excluding carboxylic acids is 2. The molecule has 0 atom stereocenters. The maximum atomic E-state index is 12.3. The minimum atomic E-state index is -3.92. The van der Waals surface area contributed by atoms with Gasteiger partial charge in [0.05, 0.1) is 15.7 Å². The van der Waals surface area contributed by atoms with Gasteiger partial charge in [0, 0.05) is 17.6 Å². The zero-order valence-corrected chi connectivity index (χ0v) is 13.7. The summed E-state index contributed by atoms with van der Waals surface area (Å²) < 4.78 is 26.8. The molecule has 0 saturated carbocycles. The Hall–Kier alpha value is -2.39. The molecular weight excluding hydrogens is 340 g/mol. The summed E-state index contributed by atoms with van der Waals surface area (Å²) in [7, 11) is -3.92. The predicted molar refractivity (Wildman–Crippen MR) is 83.9 cm³/mol. The number of anilines is 1. The number of carbonyl (C=O) groups is 2. The third kappa shape index (κ3) is 4.08. The minimum Gasteiger partial charge on any atom is -0.545 e. The number of thiophene rings is 1. The first-order valence-corrected chi connectivity index (χ1v) is 8.90. The van der Waals surface area contributed by atoms with E-state index in [-0.39, 0.29) is 26.9 Å². The van der Waals surface area contributed by atoms with Crippen molar-refractivity contribution in [3.63, 3.8) is 0 Å². The van der Waals surface area contributed by atoms with Gasteiger partial charge in [0.2, 0.25) is 0 Å². The minimum absolute atomic E-state index is 0.0670. The zero-order valence-electron chi connectivity index (χ0n) is 12.0. The van der Waals surface area contributed by atoms with E-state index in [1.807, 2.05) is 0 Å². The average Bonchev–Trinajstić information content (AvgIpc) is 2.98. The van der Waals surface area contributed by atoms with Gasteiger partial charge in [0.15, 0.2) is 0 Å². The molecule has 1 heterocycles. The molecule has 2 N–H and O–H groups in total. The number of nitrogens with one attached hydrogen (secondary N) is 2. The van der Waals surface area contributed by atoms with Crippen molar-refractivity contribution in [3.05, 3.63) is 46.2 Å². The first-order chi connectivity index (χ1) is 10.8. The van der Waals surface area contributed by atoms with Crippen molar-refractivity contribution >= 4 is 38.9 Å². The third-order valence-electron chi connectivity index (χ3n) is 2.80. The van der Waals surface area contributed by atoms with E-state index in [0.717, 1.165) is 17.4 Å². The van der Waals surface area contributed by atoms with E-state index in [1.165, 1.54) is 29.6 Å². The van der Waals surface area contributed by atoms with Crippen LogP contribution in [0.25, 0.3) is 0 Å². The van der Waals surface area contributed by atoms with Gasteiger partial charge in [-0.1, -0.05) is 12.1 Å². The van der Waals surface area contributed by atoms with E-state index in [0.29, 0.717) is 6.54 Å². The predicted octanol–water partition coefficient (Wildman–Crippen LogP) is 0.662. The van der Waals surface area contributed by atoms with Crippen LogP contribution in [0, 0.1) is 0 Å². The highest BCUT2D eigenvalue weighted by atomic mass is 32.2. The normalized spacial score (nSPS) is 11.0. The van der Waals surface area contributed by atoms with Crippen LogP contribution in [0.4, 0.5) is 5.69 Å². The lowest BCUT2D eigenvalue weighted by atomic mass is 10.2. The van der Waals surface area contributed by atoms with Gasteiger partial charge in [-0.2, -0.15) is 0 Å². The molecule has 2 aromatic rings. The fourth-order valence-corrected chi connectivity index (χ4v) is 3.99. The summed E-state index contributed by atoms with van der Waals surface area (Å²) >= 11 is 1.01. The van der Waals surface area contributed by atoms with Crippen molar-refractivity contribution in [1.29, 1.82) is 0 Å². The molecule has 1 amide bonds. The summed E-state index contributed by atoms with van der Waals surface area (Å²) in [5.74, 6) is -1.75. The van der Waals surface area contributed by atoms with Crippen LogP contribution in [-0.2, 0) is 10.0 Å². The highest BCUT2D eigenvalue weighted by molar-refractivity contribution is 7.92. The van der Waals surface area contributed by atoms with Gasteiger partial charge >= 0.3 is 0 Å². The lowest BCUT2D eigenvalue weighted by molar-refractivity contribution is -0.255. The van der Waals surface area contributed by atoms with Crippen LogP contribution in [0.3, 0.4) is 0 Å². The van der Waals surface area contributed by atoms with Crippen LogP contribution in [-0.4, -0.2) is 26.8 Å². The second kappa shape index (κ2) is 6.80. The SMILES string of the molecule is CCNC(=O)c1cc(S(=O)(=O)Nc2cccc(C(=O)[O-])c2)cs1. The molecular formula is C14H13N2O5S2-. The quantitative estimate of drug-likeness (QED) is 0.792. The molecule has 1 aromatic heterocycles. The number of hydrogen-bond acceptors (Lipinski definition) is 6. The summed E-state index contributed by atoms with van der Waals surface area (Å²) in [5.41, 5.74) is -0.0454. The monoisotopic (exact) mass is 353 g/mol. The van der Waals surface area contributed by atoms with Crippen LogP contribution < -0.4 is 15.1 Å². The Morgan fingerprint density at radius 2 is 2.00 bits per heavy atom. The zero-order chi connectivity index (χ0) is 17.0. The van der Waals surface area contributed by atoms with Crippen LogP contribution in [0.15, 0.2) is 40.6 Å². The number of carboxylic acid groups (broad SMARTS) is 1. The second-order valence-corrected chi connectivity index (χ2v) is 7.07. The summed E-state index contributed by atoms with van der Waals surface area (Å²) in [5, 5.41) is 14.7. The van der Waals surface area contributed by atoms with Gasteiger partial charge in [-0.05, 0) is 30.7 Å². The molecule has 0 radical (unpaired) electrons. The van der Waals surface area contributed by atoms with E-state index in [2.05, 4.69) is 10.0 Å². The smallest absolute Gasteiger partial charge is 0.262 e. The number of benzene rings is 1. The Bertz CT molecular complexity index is 842. The second-order valence-electron chi connectivity index (χ2n) is 4.48. The number of hydrogen-bond donors (Lipinski definition) is 2. The van der Waals surface area contributed by atoms with E-state index >= 15 is 0 Å². The van der Waals surface area contributed by atoms with E-state index in [1.54, 1.807) is 6.92 Å². The Kier molecular flexibility index (Phi) is 5.02. The molecule has 7 nitrogen and oxygen atoms in total. The van der Waals surface area contributed by atoms with Gasteiger partial charge in [-0.15, -0.1) is 11.3 Å². The Morgan fingerprint density at radius 3 is 2.65 bits per heavy atom.